The van der Waals surface area contributed by atoms with E-state index in [9.17, 15) is 14.2 Å². The van der Waals surface area contributed by atoms with Crippen LogP contribution in [0.5, 0.6) is 0 Å². The number of carbonyl (C=O) groups excluding carboxylic acids is 2. The van der Waals surface area contributed by atoms with Crippen LogP contribution in [0, 0.1) is 5.41 Å². The number of amidine groups is 1. The van der Waals surface area contributed by atoms with Crippen LogP contribution in [0.25, 0.3) is 0 Å². The molecule has 0 radical (unpaired) electrons. The maximum atomic E-state index is 14.2. The first-order valence-electron chi connectivity index (χ1n) is 13.1. The second kappa shape index (κ2) is 12.4. The van der Waals surface area contributed by atoms with Crippen LogP contribution in [0.3, 0.4) is 0 Å². The second-order valence-corrected chi connectivity index (χ2v) is 13.2. The standard InChI is InChI=1S/C30H36N5O3P/c1-39(2,38)34-27(26(22-10-5-3-6-11-22)23-12-7-4-8-13-23)30(37)35-19-9-14-25(35)29(36)33-20-21-15-17-24(18-16-21)28(31)32/h3-8,10-13,15-18,25-27H,9,14,19-20H2,1-2H3,(H3,31,32)(H,33,36)(H,34,38)/t25-,27?/m0/s1. The molecule has 0 saturated carbocycles. The molecule has 8 nitrogen and oxygen atoms in total. The van der Waals surface area contributed by atoms with Gasteiger partial charge in [0, 0.05) is 37.9 Å². The van der Waals surface area contributed by atoms with Gasteiger partial charge in [-0.2, -0.15) is 0 Å². The molecule has 39 heavy (non-hydrogen) atoms. The Morgan fingerprint density at radius 3 is 2.05 bits per heavy atom. The van der Waals surface area contributed by atoms with Crippen LogP contribution in [-0.4, -0.2) is 54.5 Å². The normalized spacial score (nSPS) is 16.2. The van der Waals surface area contributed by atoms with Crippen LogP contribution in [0.2, 0.25) is 0 Å². The SMILES string of the molecule is CP(C)(=O)NC(C(=O)N1CCC[C@H]1C(=O)NCc1ccc(C(=N)N)cc1)C(c1ccccc1)c1ccccc1. The van der Waals surface area contributed by atoms with Crippen LogP contribution in [0.15, 0.2) is 84.9 Å². The van der Waals surface area contributed by atoms with Crippen LogP contribution in [-0.2, 0) is 20.7 Å². The third kappa shape index (κ3) is 7.22. The molecule has 204 valence electrons. The van der Waals surface area contributed by atoms with Gasteiger partial charge in [-0.25, -0.2) is 0 Å². The summed E-state index contributed by atoms with van der Waals surface area (Å²) in [5.74, 6) is -0.860. The number of likely N-dealkylation sites (tertiary alicyclic amines) is 1. The molecule has 2 amide bonds. The molecule has 1 aliphatic heterocycles. The summed E-state index contributed by atoms with van der Waals surface area (Å²) in [6.07, 6.45) is 1.27. The molecule has 1 aliphatic rings. The number of nitrogens with zero attached hydrogens (tertiary/aromatic N) is 1. The van der Waals surface area contributed by atoms with Gasteiger partial charge in [0.15, 0.2) is 0 Å². The van der Waals surface area contributed by atoms with Gasteiger partial charge in [0.05, 0.1) is 0 Å². The van der Waals surface area contributed by atoms with Crippen molar-refractivity contribution in [1.82, 2.24) is 15.3 Å². The van der Waals surface area contributed by atoms with Crippen LogP contribution < -0.4 is 16.1 Å². The van der Waals surface area contributed by atoms with E-state index in [-0.39, 0.29) is 17.6 Å². The first-order chi connectivity index (χ1) is 18.6. The van der Waals surface area contributed by atoms with Crippen molar-refractivity contribution >= 4 is 24.9 Å². The number of hydrogen-bond acceptors (Lipinski definition) is 4. The van der Waals surface area contributed by atoms with Gasteiger partial charge in [0.1, 0.15) is 25.2 Å². The van der Waals surface area contributed by atoms with Crippen molar-refractivity contribution in [3.8, 4) is 0 Å². The Bertz CT molecular complexity index is 1300. The Morgan fingerprint density at radius 1 is 0.974 bits per heavy atom. The van der Waals surface area contributed by atoms with E-state index >= 15 is 0 Å². The van der Waals surface area contributed by atoms with E-state index in [0.717, 1.165) is 16.7 Å². The average molecular weight is 546 g/mol. The summed E-state index contributed by atoms with van der Waals surface area (Å²) in [7, 11) is -2.84. The highest BCUT2D eigenvalue weighted by Crippen LogP contribution is 2.38. The topological polar surface area (TPSA) is 128 Å². The lowest BCUT2D eigenvalue weighted by molar-refractivity contribution is -0.140. The number of rotatable bonds is 10. The predicted octanol–water partition coefficient (Wildman–Crippen LogP) is 3.91. The lowest BCUT2D eigenvalue weighted by atomic mass is 9.84. The van der Waals surface area contributed by atoms with Crippen molar-refractivity contribution < 1.29 is 14.2 Å². The zero-order valence-electron chi connectivity index (χ0n) is 22.3. The Labute approximate surface area is 229 Å². The lowest BCUT2D eigenvalue weighted by Crippen LogP contribution is -2.53. The molecule has 4 rings (SSSR count). The zero-order chi connectivity index (χ0) is 28.0. The van der Waals surface area contributed by atoms with Gasteiger partial charge in [0.25, 0.3) is 0 Å². The molecule has 3 aromatic carbocycles. The van der Waals surface area contributed by atoms with E-state index in [1.165, 1.54) is 0 Å². The number of nitrogens with one attached hydrogen (secondary N) is 3. The summed E-state index contributed by atoms with van der Waals surface area (Å²) in [5, 5.41) is 13.7. The molecule has 5 N–H and O–H groups in total. The van der Waals surface area contributed by atoms with E-state index in [1.807, 2.05) is 72.8 Å². The van der Waals surface area contributed by atoms with Crippen molar-refractivity contribution in [1.29, 1.82) is 5.41 Å². The summed E-state index contributed by atoms with van der Waals surface area (Å²) in [6.45, 7) is 3.99. The molecular formula is C30H36N5O3P. The molecule has 0 spiro atoms. The van der Waals surface area contributed by atoms with Crippen molar-refractivity contribution in [3.05, 3.63) is 107 Å². The van der Waals surface area contributed by atoms with Gasteiger partial charge in [-0.3, -0.25) is 20.1 Å². The third-order valence-electron chi connectivity index (χ3n) is 6.94. The predicted molar refractivity (Wildman–Crippen MR) is 155 cm³/mol. The van der Waals surface area contributed by atoms with Gasteiger partial charge in [-0.15, -0.1) is 0 Å². The molecule has 1 unspecified atom stereocenters. The van der Waals surface area contributed by atoms with E-state index in [1.54, 1.807) is 30.4 Å². The monoisotopic (exact) mass is 545 g/mol. The fourth-order valence-corrected chi connectivity index (χ4v) is 6.03. The average Bonchev–Trinajstić information content (AvgIpc) is 3.42. The van der Waals surface area contributed by atoms with Gasteiger partial charge >= 0.3 is 0 Å². The number of nitrogens with two attached hydrogens (primary N) is 1. The van der Waals surface area contributed by atoms with Gasteiger partial charge in [0.2, 0.25) is 11.8 Å². The van der Waals surface area contributed by atoms with E-state index in [2.05, 4.69) is 10.4 Å². The highest BCUT2D eigenvalue weighted by molar-refractivity contribution is 7.60. The molecule has 3 aromatic rings. The molecule has 1 heterocycles. The molecule has 1 fully saturated rings. The molecule has 2 atom stereocenters. The number of amides is 2. The third-order valence-corrected chi connectivity index (χ3v) is 7.84. The highest BCUT2D eigenvalue weighted by atomic mass is 31.2. The number of benzene rings is 3. The molecule has 0 aliphatic carbocycles. The minimum atomic E-state index is -2.84. The van der Waals surface area contributed by atoms with Crippen molar-refractivity contribution in [2.75, 3.05) is 19.9 Å². The second-order valence-electron chi connectivity index (χ2n) is 10.3. The fourth-order valence-electron chi connectivity index (χ4n) is 5.10. The summed E-state index contributed by atoms with van der Waals surface area (Å²) in [4.78, 5) is 29.2. The fraction of sp³-hybridized carbons (Fsp3) is 0.300. The lowest BCUT2D eigenvalue weighted by Gasteiger charge is -2.34. The largest absolute Gasteiger partial charge is 0.384 e. The van der Waals surface area contributed by atoms with Crippen LogP contribution in [0.1, 0.15) is 41.0 Å². The Kier molecular flexibility index (Phi) is 9.00. The molecule has 0 aromatic heterocycles. The smallest absolute Gasteiger partial charge is 0.243 e. The minimum absolute atomic E-state index is 0.0122. The van der Waals surface area contributed by atoms with Crippen molar-refractivity contribution in [3.63, 3.8) is 0 Å². The van der Waals surface area contributed by atoms with E-state index < -0.39 is 25.3 Å². The van der Waals surface area contributed by atoms with Crippen LogP contribution >= 0.6 is 7.29 Å². The zero-order valence-corrected chi connectivity index (χ0v) is 23.2. The molecule has 0 bridgehead atoms. The minimum Gasteiger partial charge on any atom is -0.384 e. The summed E-state index contributed by atoms with van der Waals surface area (Å²) >= 11 is 0. The first-order valence-corrected chi connectivity index (χ1v) is 15.7. The maximum Gasteiger partial charge on any atom is 0.243 e. The maximum absolute atomic E-state index is 14.2. The number of carbonyl (C=O) groups is 2. The van der Waals surface area contributed by atoms with E-state index in [0.29, 0.717) is 31.5 Å². The summed E-state index contributed by atoms with van der Waals surface area (Å²) in [6, 6.07) is 25.2. The number of nitrogen functional groups attached to an aromatic ring is 1. The number of hydrogen-bond donors (Lipinski definition) is 4. The molecule has 9 heteroatoms. The van der Waals surface area contributed by atoms with Gasteiger partial charge in [-0.05, 0) is 29.5 Å². The molecular weight excluding hydrogens is 509 g/mol. The Balaban J connectivity index is 1.58. The first kappa shape index (κ1) is 28.3. The van der Waals surface area contributed by atoms with Crippen molar-refractivity contribution in [2.45, 2.75) is 37.4 Å². The molecule has 1 saturated heterocycles. The Morgan fingerprint density at radius 2 is 1.54 bits per heavy atom. The summed E-state index contributed by atoms with van der Waals surface area (Å²) in [5.41, 5.74) is 8.87. The van der Waals surface area contributed by atoms with Crippen molar-refractivity contribution in [2.24, 2.45) is 5.73 Å². The van der Waals surface area contributed by atoms with Gasteiger partial charge < -0.3 is 20.5 Å². The summed E-state index contributed by atoms with van der Waals surface area (Å²) < 4.78 is 13.1. The van der Waals surface area contributed by atoms with Gasteiger partial charge in [-0.1, -0.05) is 84.9 Å². The Hall–Kier alpha value is -3.74. The quantitative estimate of drug-likeness (QED) is 0.175. The van der Waals surface area contributed by atoms with Crippen LogP contribution in [0.4, 0.5) is 0 Å². The van der Waals surface area contributed by atoms with E-state index in [4.69, 9.17) is 11.1 Å². The highest BCUT2D eigenvalue weighted by Gasteiger charge is 2.41.